The lowest BCUT2D eigenvalue weighted by molar-refractivity contribution is 0.410. The molecule has 0 aliphatic rings. The second-order valence-electron chi connectivity index (χ2n) is 3.02. The summed E-state index contributed by atoms with van der Waals surface area (Å²) in [5.74, 6) is 1.96. The largest absolute Gasteiger partial charge is 0.496 e. The van der Waals surface area contributed by atoms with E-state index in [1.54, 1.807) is 13.2 Å². The molecule has 1 aromatic carbocycles. The molecule has 0 saturated carbocycles. The van der Waals surface area contributed by atoms with Crippen molar-refractivity contribution < 1.29 is 4.74 Å². The molecule has 0 aliphatic carbocycles. The summed E-state index contributed by atoms with van der Waals surface area (Å²) in [7, 11) is 1.67. The Hall–Kier alpha value is -1.50. The average molecular weight is 187 g/mol. The van der Waals surface area contributed by atoms with Crippen LogP contribution in [-0.4, -0.2) is 7.11 Å². The number of hydrogen-bond acceptors (Lipinski definition) is 1. The molecule has 0 saturated heterocycles. The van der Waals surface area contributed by atoms with E-state index >= 15 is 0 Å². The van der Waals surface area contributed by atoms with Crippen LogP contribution in [0.1, 0.15) is 18.1 Å². The van der Waals surface area contributed by atoms with Crippen LogP contribution in [-0.2, 0) is 0 Å². The van der Waals surface area contributed by atoms with Gasteiger partial charge in [0, 0.05) is 17.0 Å². The van der Waals surface area contributed by atoms with Crippen molar-refractivity contribution >= 4 is 6.08 Å². The molecule has 0 spiro atoms. The van der Waals surface area contributed by atoms with Crippen LogP contribution in [0.15, 0.2) is 37.4 Å². The van der Waals surface area contributed by atoms with Crippen molar-refractivity contribution in [1.29, 1.82) is 0 Å². The number of rotatable bonds is 4. The van der Waals surface area contributed by atoms with Gasteiger partial charge in [0.15, 0.2) is 0 Å². The molecule has 0 atom stereocenters. The Morgan fingerprint density at radius 1 is 1.36 bits per heavy atom. The van der Waals surface area contributed by atoms with E-state index < -0.39 is 0 Å². The summed E-state index contributed by atoms with van der Waals surface area (Å²) < 4.78 is 5.35. The van der Waals surface area contributed by atoms with Gasteiger partial charge < -0.3 is 4.74 Å². The Labute approximate surface area is 85.7 Å². The molecular formula is C13H15O. The lowest BCUT2D eigenvalue weighted by atomic mass is 9.97. The molecule has 0 unspecified atom stereocenters. The summed E-state index contributed by atoms with van der Waals surface area (Å²) in [6.45, 7) is 9.51. The van der Waals surface area contributed by atoms with Crippen molar-refractivity contribution in [3.63, 3.8) is 0 Å². The third-order valence-electron chi connectivity index (χ3n) is 2.20. The van der Waals surface area contributed by atoms with Gasteiger partial charge in [0.05, 0.1) is 7.11 Å². The molecule has 1 heteroatoms. The first kappa shape index (κ1) is 10.6. The predicted molar refractivity (Wildman–Crippen MR) is 61.3 cm³/mol. The zero-order valence-electron chi connectivity index (χ0n) is 8.71. The summed E-state index contributed by atoms with van der Waals surface area (Å²) in [4.78, 5) is 0. The molecule has 0 amide bonds. The predicted octanol–water partition coefficient (Wildman–Crippen LogP) is 3.47. The van der Waals surface area contributed by atoms with E-state index in [1.165, 1.54) is 0 Å². The molecule has 0 aromatic heterocycles. The second kappa shape index (κ2) is 4.66. The van der Waals surface area contributed by atoms with Crippen LogP contribution in [0, 0.1) is 5.92 Å². The van der Waals surface area contributed by atoms with Gasteiger partial charge in [-0.2, -0.15) is 0 Å². The summed E-state index contributed by atoms with van der Waals surface area (Å²) in [5, 5.41) is 0. The number of benzene rings is 1. The normalized spacial score (nSPS) is 9.93. The minimum absolute atomic E-state index is 0.861. The fraction of sp³-hybridized carbons (Fsp3) is 0.154. The van der Waals surface area contributed by atoms with Crippen LogP contribution >= 0.6 is 0 Å². The van der Waals surface area contributed by atoms with E-state index in [1.807, 2.05) is 31.2 Å². The fourth-order valence-corrected chi connectivity index (χ4v) is 1.36. The highest BCUT2D eigenvalue weighted by Crippen LogP contribution is 2.30. The van der Waals surface area contributed by atoms with Gasteiger partial charge in [-0.1, -0.05) is 43.9 Å². The first-order valence-electron chi connectivity index (χ1n) is 4.50. The Morgan fingerprint density at radius 3 is 2.57 bits per heavy atom. The molecule has 1 radical (unpaired) electrons. The van der Waals surface area contributed by atoms with Gasteiger partial charge in [0.25, 0.3) is 0 Å². The van der Waals surface area contributed by atoms with E-state index in [-0.39, 0.29) is 0 Å². The Bertz CT molecular complexity index is 339. The fourth-order valence-electron chi connectivity index (χ4n) is 1.36. The highest BCUT2D eigenvalue weighted by molar-refractivity contribution is 5.62. The Morgan fingerprint density at radius 2 is 2.07 bits per heavy atom. The zero-order chi connectivity index (χ0) is 10.6. The van der Waals surface area contributed by atoms with E-state index in [9.17, 15) is 0 Å². The van der Waals surface area contributed by atoms with Crippen LogP contribution < -0.4 is 4.74 Å². The minimum Gasteiger partial charge on any atom is -0.496 e. The van der Waals surface area contributed by atoms with Crippen molar-refractivity contribution in [1.82, 2.24) is 0 Å². The van der Waals surface area contributed by atoms with Crippen LogP contribution in [0.25, 0.3) is 6.08 Å². The van der Waals surface area contributed by atoms with Crippen molar-refractivity contribution in [2.24, 2.45) is 0 Å². The maximum Gasteiger partial charge on any atom is 0.130 e. The summed E-state index contributed by atoms with van der Waals surface area (Å²) in [6.07, 6.45) is 3.61. The molecule has 0 heterocycles. The van der Waals surface area contributed by atoms with Gasteiger partial charge in [-0.25, -0.2) is 0 Å². The van der Waals surface area contributed by atoms with Gasteiger partial charge in [-0.15, -0.1) is 6.58 Å². The maximum absolute atomic E-state index is 5.35. The summed E-state index contributed by atoms with van der Waals surface area (Å²) in [6, 6.07) is 5.98. The molecule has 1 rings (SSSR count). The monoisotopic (exact) mass is 187 g/mol. The van der Waals surface area contributed by atoms with Gasteiger partial charge >= 0.3 is 0 Å². The Kier molecular flexibility index (Phi) is 3.52. The average Bonchev–Trinajstić information content (AvgIpc) is 2.26. The third kappa shape index (κ3) is 1.87. The number of allylic oxidation sites excluding steroid dienone is 1. The van der Waals surface area contributed by atoms with Crippen molar-refractivity contribution in [3.05, 3.63) is 54.5 Å². The lowest BCUT2D eigenvalue weighted by Crippen LogP contribution is -1.97. The van der Waals surface area contributed by atoms with E-state index in [2.05, 4.69) is 13.2 Å². The smallest absolute Gasteiger partial charge is 0.130 e. The minimum atomic E-state index is 0.861. The van der Waals surface area contributed by atoms with E-state index in [4.69, 9.17) is 4.74 Å². The topological polar surface area (TPSA) is 9.23 Å². The second-order valence-corrected chi connectivity index (χ2v) is 3.02. The van der Waals surface area contributed by atoms with E-state index in [0.29, 0.717) is 0 Å². The SMILES string of the molecule is C=C[C](C)c1cccc(C=C)c1OC. The molecule has 73 valence electrons. The molecule has 0 fully saturated rings. The van der Waals surface area contributed by atoms with Crippen LogP contribution in [0.3, 0.4) is 0 Å². The molecule has 0 bridgehead atoms. The van der Waals surface area contributed by atoms with Crippen molar-refractivity contribution in [2.75, 3.05) is 7.11 Å². The van der Waals surface area contributed by atoms with Gasteiger partial charge in [0.2, 0.25) is 0 Å². The number of methoxy groups -OCH3 is 1. The highest BCUT2D eigenvalue weighted by Gasteiger charge is 2.10. The van der Waals surface area contributed by atoms with Gasteiger partial charge in [-0.05, 0) is 0 Å². The first-order chi connectivity index (χ1) is 6.74. The standard InChI is InChI=1S/C13H15O/c1-5-10(3)12-9-7-8-11(6-2)13(12)14-4/h5-9H,1-2H2,3-4H3. The number of hydrogen-bond donors (Lipinski definition) is 0. The van der Waals surface area contributed by atoms with Crippen LogP contribution in [0.2, 0.25) is 0 Å². The van der Waals surface area contributed by atoms with Crippen LogP contribution in [0.5, 0.6) is 5.75 Å². The quantitative estimate of drug-likeness (QED) is 0.701. The maximum atomic E-state index is 5.35. The lowest BCUT2D eigenvalue weighted by Gasteiger charge is -2.13. The number of ether oxygens (including phenoxy) is 1. The summed E-state index contributed by atoms with van der Waals surface area (Å²) in [5.41, 5.74) is 2.08. The van der Waals surface area contributed by atoms with Crippen LogP contribution in [0.4, 0.5) is 0 Å². The molecular weight excluding hydrogens is 172 g/mol. The van der Waals surface area contributed by atoms with Crippen molar-refractivity contribution in [2.45, 2.75) is 6.92 Å². The number of para-hydroxylation sites is 1. The van der Waals surface area contributed by atoms with Gasteiger partial charge in [-0.3, -0.25) is 0 Å². The highest BCUT2D eigenvalue weighted by atomic mass is 16.5. The van der Waals surface area contributed by atoms with Crippen molar-refractivity contribution in [3.8, 4) is 5.75 Å². The molecule has 1 aromatic rings. The Balaban J connectivity index is 3.27. The third-order valence-corrected chi connectivity index (χ3v) is 2.20. The van der Waals surface area contributed by atoms with E-state index in [0.717, 1.165) is 22.8 Å². The molecule has 0 N–H and O–H groups in total. The molecule has 0 aliphatic heterocycles. The van der Waals surface area contributed by atoms with Gasteiger partial charge in [0.1, 0.15) is 5.75 Å². The molecule has 1 nitrogen and oxygen atoms in total. The zero-order valence-corrected chi connectivity index (χ0v) is 8.71. The molecule has 14 heavy (non-hydrogen) atoms. The first-order valence-corrected chi connectivity index (χ1v) is 4.50. The summed E-state index contributed by atoms with van der Waals surface area (Å²) >= 11 is 0.